The van der Waals surface area contributed by atoms with E-state index in [-0.39, 0.29) is 16.7 Å². The topological polar surface area (TPSA) is 44.3 Å². The average Bonchev–Trinajstić information content (AvgIpc) is 2.56. The van der Waals surface area contributed by atoms with Gasteiger partial charge in [-0.3, -0.25) is 0 Å². The predicted molar refractivity (Wildman–Crippen MR) is 91.5 cm³/mol. The van der Waals surface area contributed by atoms with E-state index >= 15 is 0 Å². The van der Waals surface area contributed by atoms with Crippen LogP contribution >= 0.6 is 11.6 Å². The Bertz CT molecular complexity index is 745. The molecule has 0 amide bonds. The molecule has 2 heterocycles. The van der Waals surface area contributed by atoms with Crippen LogP contribution in [-0.2, 0) is 6.18 Å². The summed E-state index contributed by atoms with van der Waals surface area (Å²) < 4.78 is 38.9. The van der Waals surface area contributed by atoms with Crippen molar-refractivity contribution in [3.63, 3.8) is 0 Å². The largest absolute Gasteiger partial charge is 0.417 e. The minimum atomic E-state index is -4.52. The van der Waals surface area contributed by atoms with Gasteiger partial charge in [0.25, 0.3) is 0 Å². The zero-order valence-corrected chi connectivity index (χ0v) is 14.3. The number of piperazine rings is 1. The lowest BCUT2D eigenvalue weighted by molar-refractivity contribution is -0.137. The zero-order chi connectivity index (χ0) is 18.0. The Morgan fingerprint density at radius 3 is 2.52 bits per heavy atom. The van der Waals surface area contributed by atoms with Crippen LogP contribution in [-0.4, -0.2) is 48.1 Å². The van der Waals surface area contributed by atoms with Gasteiger partial charge in [-0.25, -0.2) is 4.98 Å². The Hall–Kier alpha value is -2.06. The quantitative estimate of drug-likeness (QED) is 0.892. The SMILES string of the molecule is CN1CCN(c2ccnc(Nc3ccc(Cl)c(C(F)(F)F)c3)n2)CC1. The molecule has 1 N–H and O–H groups in total. The summed E-state index contributed by atoms with van der Waals surface area (Å²) in [5, 5.41) is 2.47. The molecule has 1 saturated heterocycles. The maximum Gasteiger partial charge on any atom is 0.417 e. The maximum absolute atomic E-state index is 13.0. The van der Waals surface area contributed by atoms with Crippen LogP contribution in [0.1, 0.15) is 5.56 Å². The van der Waals surface area contributed by atoms with Crippen LogP contribution in [0.5, 0.6) is 0 Å². The number of hydrogen-bond acceptors (Lipinski definition) is 5. The first-order chi connectivity index (χ1) is 11.8. The van der Waals surface area contributed by atoms with E-state index in [0.29, 0.717) is 0 Å². The summed E-state index contributed by atoms with van der Waals surface area (Å²) in [5.41, 5.74) is -0.665. The number of anilines is 3. The van der Waals surface area contributed by atoms with E-state index < -0.39 is 11.7 Å². The van der Waals surface area contributed by atoms with E-state index in [2.05, 4.69) is 32.1 Å². The number of hydrogen-bond donors (Lipinski definition) is 1. The molecule has 0 unspecified atom stereocenters. The van der Waals surface area contributed by atoms with Gasteiger partial charge in [-0.1, -0.05) is 11.6 Å². The highest BCUT2D eigenvalue weighted by Gasteiger charge is 2.33. The molecule has 9 heteroatoms. The molecule has 2 aromatic rings. The fourth-order valence-corrected chi connectivity index (χ4v) is 2.80. The number of halogens is 4. The standard InChI is InChI=1S/C16H17ClF3N5/c1-24-6-8-25(9-7-24)14-4-5-21-15(23-14)22-11-2-3-13(17)12(10-11)16(18,19)20/h2-5,10H,6-9H2,1H3,(H,21,22,23). The number of benzene rings is 1. The lowest BCUT2D eigenvalue weighted by Gasteiger charge is -2.33. The lowest BCUT2D eigenvalue weighted by atomic mass is 10.2. The van der Waals surface area contributed by atoms with Gasteiger partial charge in [0.05, 0.1) is 10.6 Å². The highest BCUT2D eigenvalue weighted by Crippen LogP contribution is 2.36. The summed E-state index contributed by atoms with van der Waals surface area (Å²) >= 11 is 5.63. The summed E-state index contributed by atoms with van der Waals surface area (Å²) in [6, 6.07) is 5.41. The van der Waals surface area contributed by atoms with Crippen molar-refractivity contribution in [1.82, 2.24) is 14.9 Å². The van der Waals surface area contributed by atoms with Gasteiger partial charge < -0.3 is 15.1 Å². The third kappa shape index (κ3) is 4.32. The van der Waals surface area contributed by atoms with E-state index in [9.17, 15) is 13.2 Å². The highest BCUT2D eigenvalue weighted by atomic mass is 35.5. The van der Waals surface area contributed by atoms with Crippen molar-refractivity contribution >= 4 is 29.1 Å². The first-order valence-electron chi connectivity index (χ1n) is 7.73. The molecule has 1 aromatic heterocycles. The lowest BCUT2D eigenvalue weighted by Crippen LogP contribution is -2.44. The molecule has 1 fully saturated rings. The van der Waals surface area contributed by atoms with Gasteiger partial charge in [0, 0.05) is 38.1 Å². The molecule has 3 rings (SSSR count). The first kappa shape index (κ1) is 17.8. The van der Waals surface area contributed by atoms with Crippen LogP contribution in [0.4, 0.5) is 30.6 Å². The smallest absolute Gasteiger partial charge is 0.354 e. The minimum Gasteiger partial charge on any atom is -0.354 e. The summed E-state index contributed by atoms with van der Waals surface area (Å²) in [5.74, 6) is 0.988. The second-order valence-electron chi connectivity index (χ2n) is 5.85. The van der Waals surface area contributed by atoms with Crippen molar-refractivity contribution in [3.05, 3.63) is 41.0 Å². The second-order valence-corrected chi connectivity index (χ2v) is 6.25. The van der Waals surface area contributed by atoms with E-state index in [1.165, 1.54) is 12.1 Å². The van der Waals surface area contributed by atoms with Crippen LogP contribution in [0.2, 0.25) is 5.02 Å². The molecular formula is C16H17ClF3N5. The third-order valence-electron chi connectivity index (χ3n) is 4.00. The van der Waals surface area contributed by atoms with Gasteiger partial charge in [0.2, 0.25) is 5.95 Å². The first-order valence-corrected chi connectivity index (χ1v) is 8.11. The van der Waals surface area contributed by atoms with Gasteiger partial charge in [-0.2, -0.15) is 18.2 Å². The average molecular weight is 372 g/mol. The van der Waals surface area contributed by atoms with Crippen molar-refractivity contribution in [2.45, 2.75) is 6.18 Å². The molecule has 0 atom stereocenters. The predicted octanol–water partition coefficient (Wildman–Crippen LogP) is 3.64. The molecule has 0 spiro atoms. The van der Waals surface area contributed by atoms with E-state index in [1.807, 2.05) is 0 Å². The van der Waals surface area contributed by atoms with Gasteiger partial charge >= 0.3 is 6.18 Å². The summed E-state index contributed by atoms with van der Waals surface area (Å²) in [7, 11) is 2.06. The molecular weight excluding hydrogens is 355 g/mol. The summed E-state index contributed by atoms with van der Waals surface area (Å²) in [4.78, 5) is 12.8. The third-order valence-corrected chi connectivity index (χ3v) is 4.33. The Morgan fingerprint density at radius 2 is 1.84 bits per heavy atom. The number of likely N-dealkylation sites (N-methyl/N-ethyl adjacent to an activating group) is 1. The molecule has 25 heavy (non-hydrogen) atoms. The van der Waals surface area contributed by atoms with Crippen LogP contribution < -0.4 is 10.2 Å². The molecule has 1 aliphatic heterocycles. The van der Waals surface area contributed by atoms with Gasteiger partial charge in [0.1, 0.15) is 5.82 Å². The molecule has 5 nitrogen and oxygen atoms in total. The second kappa shape index (κ2) is 7.05. The molecule has 0 saturated carbocycles. The van der Waals surface area contributed by atoms with E-state index in [0.717, 1.165) is 38.1 Å². The van der Waals surface area contributed by atoms with Crippen LogP contribution in [0.15, 0.2) is 30.5 Å². The summed E-state index contributed by atoms with van der Waals surface area (Å²) in [6.07, 6.45) is -2.93. The van der Waals surface area contributed by atoms with E-state index in [1.54, 1.807) is 12.3 Å². The molecule has 0 bridgehead atoms. The monoisotopic (exact) mass is 371 g/mol. The molecule has 134 valence electrons. The van der Waals surface area contributed by atoms with Crippen molar-refractivity contribution in [2.24, 2.45) is 0 Å². The van der Waals surface area contributed by atoms with Crippen molar-refractivity contribution in [1.29, 1.82) is 0 Å². The van der Waals surface area contributed by atoms with Gasteiger partial charge in [0.15, 0.2) is 0 Å². The van der Waals surface area contributed by atoms with Gasteiger partial charge in [-0.05, 0) is 31.3 Å². The Labute approximate surface area is 148 Å². The number of aromatic nitrogens is 2. The Kier molecular flexibility index (Phi) is 5.01. The fraction of sp³-hybridized carbons (Fsp3) is 0.375. The normalized spacial score (nSPS) is 16.1. The zero-order valence-electron chi connectivity index (χ0n) is 13.5. The van der Waals surface area contributed by atoms with Crippen LogP contribution in [0, 0.1) is 0 Å². The maximum atomic E-state index is 13.0. The van der Waals surface area contributed by atoms with Crippen molar-refractivity contribution < 1.29 is 13.2 Å². The number of nitrogens with one attached hydrogen (secondary N) is 1. The number of nitrogens with zero attached hydrogens (tertiary/aromatic N) is 4. The Morgan fingerprint density at radius 1 is 1.12 bits per heavy atom. The summed E-state index contributed by atoms with van der Waals surface area (Å²) in [6.45, 7) is 3.54. The van der Waals surface area contributed by atoms with Crippen LogP contribution in [0.3, 0.4) is 0 Å². The Balaban J connectivity index is 1.79. The van der Waals surface area contributed by atoms with E-state index in [4.69, 9.17) is 11.6 Å². The molecule has 1 aliphatic rings. The molecule has 0 radical (unpaired) electrons. The van der Waals surface area contributed by atoms with Crippen molar-refractivity contribution in [3.8, 4) is 0 Å². The number of alkyl halides is 3. The number of rotatable bonds is 3. The van der Waals surface area contributed by atoms with Crippen LogP contribution in [0.25, 0.3) is 0 Å². The molecule has 1 aromatic carbocycles. The van der Waals surface area contributed by atoms with Gasteiger partial charge in [-0.15, -0.1) is 0 Å². The van der Waals surface area contributed by atoms with Crippen molar-refractivity contribution in [2.75, 3.05) is 43.4 Å². The molecule has 0 aliphatic carbocycles. The fourth-order valence-electron chi connectivity index (χ4n) is 2.57. The minimum absolute atomic E-state index is 0.229. The highest BCUT2D eigenvalue weighted by molar-refractivity contribution is 6.31.